The van der Waals surface area contributed by atoms with E-state index in [9.17, 15) is 0 Å². The lowest BCUT2D eigenvalue weighted by Crippen LogP contribution is -2.29. The largest absolute Gasteiger partial charge is 0.362 e. The summed E-state index contributed by atoms with van der Waals surface area (Å²) in [5.41, 5.74) is 1.02. The molecule has 1 fully saturated rings. The number of thiocarbonyl (C=S) groups is 1. The average molecular weight is 346 g/mol. The van der Waals surface area contributed by atoms with Crippen LogP contribution >= 0.6 is 41.5 Å². The van der Waals surface area contributed by atoms with E-state index in [1.807, 2.05) is 53.1 Å². The summed E-state index contributed by atoms with van der Waals surface area (Å²) in [5, 5.41) is 7.07. The minimum atomic E-state index is -0.237. The number of para-hydroxylation sites is 1. The molecular weight excluding hydrogens is 327 g/mol. The first-order valence-electron chi connectivity index (χ1n) is 6.63. The second kappa shape index (κ2) is 9.85. The van der Waals surface area contributed by atoms with Crippen molar-refractivity contribution in [1.82, 2.24) is 5.32 Å². The molecule has 0 spiro atoms. The number of hydrogen-bond donors (Lipinski definition) is 2. The second-order valence-electron chi connectivity index (χ2n) is 4.18. The van der Waals surface area contributed by atoms with Gasteiger partial charge in [0, 0.05) is 23.7 Å². The van der Waals surface area contributed by atoms with Gasteiger partial charge >= 0.3 is 0 Å². The molecule has 0 aliphatic carbocycles. The normalized spacial score (nSPS) is 15.2. The van der Waals surface area contributed by atoms with Crippen LogP contribution in [0.1, 0.15) is 12.8 Å². The molecule has 0 aromatic heterocycles. The van der Waals surface area contributed by atoms with Gasteiger partial charge in [-0.05, 0) is 37.2 Å². The first-order chi connectivity index (χ1) is 9.84. The van der Waals surface area contributed by atoms with E-state index in [1.165, 1.54) is 11.5 Å². The fraction of sp³-hybridized carbons (Fsp3) is 0.462. The summed E-state index contributed by atoms with van der Waals surface area (Å²) in [6.45, 7) is 1.52. The molecule has 1 aliphatic rings. The highest BCUT2D eigenvalue weighted by Gasteiger charge is 2.16. The Hall–Kier alpha value is -0.000000000000000222. The standard InChI is InChI=1S/C13H19N2OPS3/c18-13(15-12-6-2-1-3-7-12)14-8-4-5-9-16-17-19-10-11-20-17/h1-3,6-7H,4-5,8-11H2,(H2,14,15,18). The zero-order valence-electron chi connectivity index (χ0n) is 11.2. The molecule has 0 unspecified atom stereocenters. The minimum absolute atomic E-state index is 0.237. The molecule has 0 amide bonds. The maximum absolute atomic E-state index is 5.82. The van der Waals surface area contributed by atoms with Crippen molar-refractivity contribution < 1.29 is 4.52 Å². The average Bonchev–Trinajstić information content (AvgIpc) is 2.97. The van der Waals surface area contributed by atoms with Gasteiger partial charge in [-0.25, -0.2) is 0 Å². The molecule has 110 valence electrons. The summed E-state index contributed by atoms with van der Waals surface area (Å²) >= 11 is 9.19. The Balaban J connectivity index is 1.47. The Morgan fingerprint density at radius 1 is 1.20 bits per heavy atom. The summed E-state index contributed by atoms with van der Waals surface area (Å²) in [4.78, 5) is 0. The molecule has 0 saturated carbocycles. The minimum Gasteiger partial charge on any atom is -0.362 e. The second-order valence-corrected chi connectivity index (χ2v) is 10.9. The molecule has 1 aliphatic heterocycles. The number of hydrogen-bond acceptors (Lipinski definition) is 4. The zero-order valence-corrected chi connectivity index (χ0v) is 14.6. The predicted molar refractivity (Wildman–Crippen MR) is 97.7 cm³/mol. The van der Waals surface area contributed by atoms with Crippen LogP contribution in [0.25, 0.3) is 0 Å². The van der Waals surface area contributed by atoms with Crippen LogP contribution in [-0.4, -0.2) is 29.8 Å². The van der Waals surface area contributed by atoms with Crippen molar-refractivity contribution in [2.24, 2.45) is 0 Å². The highest BCUT2D eigenvalue weighted by atomic mass is 33.1. The van der Waals surface area contributed by atoms with E-state index < -0.39 is 0 Å². The van der Waals surface area contributed by atoms with Gasteiger partial charge in [0.05, 0.1) is 6.61 Å². The number of unbranched alkanes of at least 4 members (excludes halogenated alkanes) is 1. The van der Waals surface area contributed by atoms with E-state index in [4.69, 9.17) is 16.7 Å². The smallest absolute Gasteiger partial charge is 0.170 e. The summed E-state index contributed by atoms with van der Waals surface area (Å²) < 4.78 is 5.82. The lowest BCUT2D eigenvalue weighted by atomic mass is 10.3. The summed E-state index contributed by atoms with van der Waals surface area (Å²) in [6, 6.07) is 9.97. The number of rotatable bonds is 7. The van der Waals surface area contributed by atoms with Crippen LogP contribution in [0, 0.1) is 0 Å². The van der Waals surface area contributed by atoms with Gasteiger partial charge in [-0.3, -0.25) is 0 Å². The molecule has 1 aromatic carbocycles. The quantitative estimate of drug-likeness (QED) is 0.430. The van der Waals surface area contributed by atoms with Crippen molar-refractivity contribution in [3.05, 3.63) is 30.3 Å². The molecule has 2 N–H and O–H groups in total. The van der Waals surface area contributed by atoms with Crippen molar-refractivity contribution in [3.63, 3.8) is 0 Å². The Kier molecular flexibility index (Phi) is 8.06. The van der Waals surface area contributed by atoms with E-state index in [2.05, 4.69) is 10.6 Å². The van der Waals surface area contributed by atoms with Gasteiger partial charge in [-0.2, -0.15) is 0 Å². The Bertz CT molecular complexity index is 402. The molecule has 3 nitrogen and oxygen atoms in total. The zero-order chi connectivity index (χ0) is 14.0. The van der Waals surface area contributed by atoms with E-state index >= 15 is 0 Å². The fourth-order valence-corrected chi connectivity index (χ4v) is 8.58. The van der Waals surface area contributed by atoms with Crippen molar-refractivity contribution in [3.8, 4) is 0 Å². The first-order valence-corrected chi connectivity index (χ1v) is 11.5. The van der Waals surface area contributed by atoms with E-state index in [0.29, 0.717) is 5.11 Å². The van der Waals surface area contributed by atoms with Gasteiger partial charge in [-0.15, -0.1) is 0 Å². The van der Waals surface area contributed by atoms with Gasteiger partial charge in [0.2, 0.25) is 0 Å². The van der Waals surface area contributed by atoms with Gasteiger partial charge in [-0.1, -0.05) is 41.0 Å². The van der Waals surface area contributed by atoms with Gasteiger partial charge < -0.3 is 15.2 Å². The van der Waals surface area contributed by atoms with Crippen molar-refractivity contribution in [2.75, 3.05) is 30.0 Å². The van der Waals surface area contributed by atoms with Gasteiger partial charge in [0.25, 0.3) is 0 Å². The number of benzene rings is 1. The van der Waals surface area contributed by atoms with Crippen LogP contribution in [0.5, 0.6) is 0 Å². The molecule has 20 heavy (non-hydrogen) atoms. The third kappa shape index (κ3) is 6.64. The van der Waals surface area contributed by atoms with Gasteiger partial charge in [0.15, 0.2) is 11.7 Å². The third-order valence-electron chi connectivity index (χ3n) is 2.56. The molecule has 0 radical (unpaired) electrons. The molecular formula is C13H19N2OPS3. The van der Waals surface area contributed by atoms with Crippen LogP contribution in [0.15, 0.2) is 30.3 Å². The molecule has 0 bridgehead atoms. The monoisotopic (exact) mass is 346 g/mol. The van der Waals surface area contributed by atoms with Crippen LogP contribution in [-0.2, 0) is 4.52 Å². The highest BCUT2D eigenvalue weighted by molar-refractivity contribution is 8.88. The molecule has 2 rings (SSSR count). The van der Waals surface area contributed by atoms with Crippen LogP contribution in [0.3, 0.4) is 0 Å². The van der Waals surface area contributed by atoms with Crippen molar-refractivity contribution in [2.45, 2.75) is 12.8 Å². The topological polar surface area (TPSA) is 33.3 Å². The number of anilines is 1. The Labute approximate surface area is 135 Å². The lowest BCUT2D eigenvalue weighted by molar-refractivity contribution is 0.353. The first kappa shape index (κ1) is 16.4. The molecule has 1 heterocycles. The van der Waals surface area contributed by atoms with Crippen LogP contribution < -0.4 is 10.6 Å². The Morgan fingerprint density at radius 2 is 1.95 bits per heavy atom. The van der Waals surface area contributed by atoms with Crippen molar-refractivity contribution >= 4 is 52.3 Å². The molecule has 7 heteroatoms. The van der Waals surface area contributed by atoms with E-state index in [1.54, 1.807) is 0 Å². The third-order valence-corrected chi connectivity index (χ3v) is 9.55. The fourth-order valence-electron chi connectivity index (χ4n) is 1.60. The van der Waals surface area contributed by atoms with Crippen molar-refractivity contribution in [1.29, 1.82) is 0 Å². The van der Waals surface area contributed by atoms with Crippen LogP contribution in [0.2, 0.25) is 0 Å². The summed E-state index contributed by atoms with van der Waals surface area (Å²) in [5.74, 6) is 2.49. The summed E-state index contributed by atoms with van der Waals surface area (Å²) in [6.07, 6.45) is 2.16. The molecule has 1 aromatic rings. The number of nitrogens with one attached hydrogen (secondary N) is 2. The predicted octanol–water partition coefficient (Wildman–Crippen LogP) is 4.48. The van der Waals surface area contributed by atoms with E-state index in [-0.39, 0.29) is 6.55 Å². The van der Waals surface area contributed by atoms with Crippen LogP contribution in [0.4, 0.5) is 5.69 Å². The molecule has 0 atom stereocenters. The molecule has 1 saturated heterocycles. The Morgan fingerprint density at radius 3 is 2.70 bits per heavy atom. The lowest BCUT2D eigenvalue weighted by Gasteiger charge is -2.11. The maximum atomic E-state index is 5.82. The SMILES string of the molecule is S=C(NCCCCOP1SCCS1)Nc1ccccc1. The highest BCUT2D eigenvalue weighted by Crippen LogP contribution is 2.66. The summed E-state index contributed by atoms with van der Waals surface area (Å²) in [7, 11) is 0. The van der Waals surface area contributed by atoms with E-state index in [0.717, 1.165) is 31.7 Å². The van der Waals surface area contributed by atoms with Gasteiger partial charge in [0.1, 0.15) is 0 Å². The maximum Gasteiger partial charge on any atom is 0.170 e.